The van der Waals surface area contributed by atoms with Crippen molar-refractivity contribution in [3.05, 3.63) is 23.3 Å². The predicted molar refractivity (Wildman–Crippen MR) is 128 cm³/mol. The number of halogens is 3. The lowest BCUT2D eigenvalue weighted by atomic mass is 9.43. The van der Waals surface area contributed by atoms with Crippen molar-refractivity contribution in [2.75, 3.05) is 12.5 Å². The first-order valence-corrected chi connectivity index (χ1v) is 13.2. The van der Waals surface area contributed by atoms with E-state index in [1.165, 1.54) is 19.9 Å². The molecule has 9 atom stereocenters. The Morgan fingerprint density at radius 2 is 1.86 bits per heavy atom. The summed E-state index contributed by atoms with van der Waals surface area (Å²) in [6.45, 7) is 7.21. The molecule has 204 valence electrons. The third kappa shape index (κ3) is 3.23. The Morgan fingerprint density at radius 3 is 2.49 bits per heavy atom. The molecule has 0 bridgehead atoms. The second-order valence-electron chi connectivity index (χ2n) is 12.0. The molecule has 4 unspecified atom stereocenters. The zero-order chi connectivity index (χ0) is 27.3. The van der Waals surface area contributed by atoms with Crippen LogP contribution in [-0.4, -0.2) is 70.6 Å². The van der Waals surface area contributed by atoms with Crippen LogP contribution in [-0.2, 0) is 28.6 Å². The van der Waals surface area contributed by atoms with Gasteiger partial charge in [0.2, 0.25) is 5.78 Å². The van der Waals surface area contributed by atoms with Crippen LogP contribution in [0.25, 0.3) is 0 Å². The van der Waals surface area contributed by atoms with Crippen LogP contribution in [0, 0.1) is 22.7 Å². The average molecular weight is 543 g/mol. The van der Waals surface area contributed by atoms with Crippen molar-refractivity contribution in [1.82, 2.24) is 0 Å². The molecule has 4 fully saturated rings. The van der Waals surface area contributed by atoms with Gasteiger partial charge in [0.15, 0.2) is 29.4 Å². The summed E-state index contributed by atoms with van der Waals surface area (Å²) in [6, 6.07) is 0. The first kappa shape index (κ1) is 26.9. The van der Waals surface area contributed by atoms with Crippen LogP contribution >= 0.6 is 11.6 Å². The Bertz CT molecular complexity index is 1140. The van der Waals surface area contributed by atoms with Crippen LogP contribution in [0.4, 0.5) is 8.78 Å². The van der Waals surface area contributed by atoms with E-state index < -0.39 is 82.2 Å². The largest absolute Gasteiger partial charge is 0.458 e. The topological polar surface area (TPSA) is 99.1 Å². The average Bonchev–Trinajstić information content (AvgIpc) is 3.21. The third-order valence-corrected chi connectivity index (χ3v) is 10.2. The highest BCUT2D eigenvalue weighted by molar-refractivity contribution is 6.20. The van der Waals surface area contributed by atoms with E-state index in [1.54, 1.807) is 20.8 Å². The zero-order valence-corrected chi connectivity index (χ0v) is 22.4. The molecule has 0 amide bonds. The normalized spacial score (nSPS) is 47.7. The number of aliphatic hydroxyl groups excluding tert-OH is 1. The summed E-state index contributed by atoms with van der Waals surface area (Å²) >= 11 is 6.17. The predicted octanol–water partition coefficient (Wildman–Crippen LogP) is 3.55. The van der Waals surface area contributed by atoms with E-state index in [2.05, 4.69) is 0 Å². The monoisotopic (exact) mass is 542 g/mol. The number of hydrogen-bond acceptors (Lipinski definition) is 7. The number of hydrogen-bond donors (Lipinski definition) is 1. The van der Waals surface area contributed by atoms with Gasteiger partial charge in [0.1, 0.15) is 6.17 Å². The summed E-state index contributed by atoms with van der Waals surface area (Å²) < 4.78 is 51.0. The van der Waals surface area contributed by atoms with Gasteiger partial charge < -0.3 is 19.3 Å². The van der Waals surface area contributed by atoms with Crippen molar-refractivity contribution in [3.63, 3.8) is 0 Å². The first-order chi connectivity index (χ1) is 17.1. The number of Topliss-reactive ketones (excluding diaryl/α,β-unsaturated/α-hetero) is 1. The second-order valence-corrected chi connectivity index (χ2v) is 12.3. The lowest BCUT2D eigenvalue weighted by Gasteiger charge is -2.64. The maximum Gasteiger partial charge on any atom is 0.303 e. The molecule has 0 aromatic heterocycles. The Hall–Kier alpha value is -1.68. The molecular formula is C27H33ClF2O7. The van der Waals surface area contributed by atoms with Crippen molar-refractivity contribution in [1.29, 1.82) is 0 Å². The first-order valence-electron chi connectivity index (χ1n) is 12.7. The minimum atomic E-state index is -2.36. The van der Waals surface area contributed by atoms with E-state index in [0.29, 0.717) is 0 Å². The van der Waals surface area contributed by atoms with Gasteiger partial charge in [-0.2, -0.15) is 0 Å². The standard InChI is InChI=1S/C27H33ClF2O7/c1-13(31)35-12-21(34)27-22(36-23(2,3)37-27)9-16-17-8-19(29)18-7-15(32)6-14(11-28)25(18,5)26(17,30)20(33)10-24(16,27)4/h6-7,16-17,19-20,22,33H,8-12H2,1-5H3/t16?,17?,19-,20-,22+,24?,25?,26-,27+/m0/s1. The molecule has 7 nitrogen and oxygen atoms in total. The SMILES string of the molecule is CC(=O)OCC(=O)[C@@]12OC(C)(C)O[C@@H]1CC1C3C[C@H](F)C4=CC(=O)C=C(CCl)C4(C)[C@@]3(F)[C@@H](O)CC12C. The number of rotatable bonds is 4. The van der Waals surface area contributed by atoms with Crippen molar-refractivity contribution in [3.8, 4) is 0 Å². The molecule has 0 aromatic rings. The van der Waals surface area contributed by atoms with Gasteiger partial charge >= 0.3 is 5.97 Å². The molecule has 10 heteroatoms. The van der Waals surface area contributed by atoms with Crippen LogP contribution in [0.2, 0.25) is 0 Å². The summed E-state index contributed by atoms with van der Waals surface area (Å²) in [6.07, 6.45) is -2.00. The Kier molecular flexibility index (Phi) is 5.94. The van der Waals surface area contributed by atoms with E-state index in [0.717, 1.165) is 6.08 Å². The van der Waals surface area contributed by atoms with Crippen LogP contribution in [0.1, 0.15) is 53.9 Å². The number of aliphatic hydroxyl groups is 1. The van der Waals surface area contributed by atoms with Gasteiger partial charge in [-0.15, -0.1) is 11.6 Å². The quantitative estimate of drug-likeness (QED) is 0.428. The maximum absolute atomic E-state index is 17.7. The van der Waals surface area contributed by atoms with Gasteiger partial charge in [0.25, 0.3) is 0 Å². The number of allylic oxidation sites excluding steroid dienone is 4. The summed E-state index contributed by atoms with van der Waals surface area (Å²) in [5, 5.41) is 11.6. The zero-order valence-electron chi connectivity index (χ0n) is 21.6. The lowest BCUT2D eigenvalue weighted by molar-refractivity contribution is -0.250. The minimum Gasteiger partial charge on any atom is -0.458 e. The number of fused-ring (bicyclic) bond motifs is 7. The molecule has 3 saturated carbocycles. The van der Waals surface area contributed by atoms with E-state index in [-0.39, 0.29) is 36.3 Å². The summed E-state index contributed by atoms with van der Waals surface area (Å²) in [5.41, 5.74) is -6.57. The van der Waals surface area contributed by atoms with Crippen molar-refractivity contribution in [2.45, 2.75) is 89.3 Å². The fourth-order valence-electron chi connectivity index (χ4n) is 8.47. The van der Waals surface area contributed by atoms with Crippen molar-refractivity contribution >= 4 is 29.1 Å². The molecule has 0 spiro atoms. The summed E-state index contributed by atoms with van der Waals surface area (Å²) in [5.74, 6) is -4.64. The molecule has 37 heavy (non-hydrogen) atoms. The van der Waals surface area contributed by atoms with Gasteiger partial charge in [0, 0.05) is 24.1 Å². The number of alkyl halides is 3. The number of carbonyl (C=O) groups excluding carboxylic acids is 3. The van der Waals surface area contributed by atoms with E-state index >= 15 is 8.78 Å². The highest BCUT2D eigenvalue weighted by atomic mass is 35.5. The molecule has 0 aromatic carbocycles. The van der Waals surface area contributed by atoms with Crippen molar-refractivity contribution in [2.24, 2.45) is 22.7 Å². The Labute approximate surface area is 219 Å². The van der Waals surface area contributed by atoms with E-state index in [1.807, 2.05) is 0 Å². The van der Waals surface area contributed by atoms with Gasteiger partial charge in [-0.25, -0.2) is 8.78 Å². The molecule has 1 saturated heterocycles. The molecule has 1 N–H and O–H groups in total. The van der Waals surface area contributed by atoms with Gasteiger partial charge in [-0.3, -0.25) is 14.4 Å². The van der Waals surface area contributed by atoms with Gasteiger partial charge in [0.05, 0.1) is 17.6 Å². The number of ether oxygens (including phenoxy) is 3. The minimum absolute atomic E-state index is 0.00970. The molecule has 4 aliphatic carbocycles. The molecule has 0 radical (unpaired) electrons. The fraction of sp³-hybridized carbons (Fsp3) is 0.741. The number of esters is 1. The maximum atomic E-state index is 17.7. The van der Waals surface area contributed by atoms with Crippen molar-refractivity contribution < 1.29 is 42.5 Å². The Balaban J connectivity index is 1.64. The molecule has 1 aliphatic heterocycles. The van der Waals surface area contributed by atoms with E-state index in [9.17, 15) is 19.5 Å². The summed E-state index contributed by atoms with van der Waals surface area (Å²) in [4.78, 5) is 37.5. The molecular weight excluding hydrogens is 510 g/mol. The highest BCUT2D eigenvalue weighted by Gasteiger charge is 2.81. The number of carbonyl (C=O) groups is 3. The molecule has 1 heterocycles. The lowest BCUT2D eigenvalue weighted by Crippen LogP contribution is -2.71. The van der Waals surface area contributed by atoms with Gasteiger partial charge in [-0.05, 0) is 69.2 Å². The van der Waals surface area contributed by atoms with E-state index in [4.69, 9.17) is 25.8 Å². The van der Waals surface area contributed by atoms with Crippen LogP contribution in [0.15, 0.2) is 23.3 Å². The fourth-order valence-corrected chi connectivity index (χ4v) is 8.82. The Morgan fingerprint density at radius 1 is 1.19 bits per heavy atom. The smallest absolute Gasteiger partial charge is 0.303 e. The third-order valence-electron chi connectivity index (χ3n) is 9.91. The van der Waals surface area contributed by atoms with Crippen LogP contribution in [0.3, 0.4) is 0 Å². The van der Waals surface area contributed by atoms with Crippen LogP contribution < -0.4 is 0 Å². The molecule has 5 rings (SSSR count). The van der Waals surface area contributed by atoms with Gasteiger partial charge in [-0.1, -0.05) is 6.92 Å². The highest BCUT2D eigenvalue weighted by Crippen LogP contribution is 2.73. The second kappa shape index (κ2) is 8.16. The van der Waals surface area contributed by atoms with Crippen LogP contribution in [0.5, 0.6) is 0 Å². The summed E-state index contributed by atoms with van der Waals surface area (Å²) in [7, 11) is 0. The number of ketones is 2. The molecule has 5 aliphatic rings.